The van der Waals surface area contributed by atoms with Crippen molar-refractivity contribution in [1.82, 2.24) is 15.1 Å². The van der Waals surface area contributed by atoms with Gasteiger partial charge in [0.2, 0.25) is 5.91 Å². The van der Waals surface area contributed by atoms with Crippen LogP contribution in [-0.2, 0) is 4.79 Å². The van der Waals surface area contributed by atoms with Crippen LogP contribution in [0.5, 0.6) is 0 Å². The van der Waals surface area contributed by atoms with Crippen LogP contribution in [-0.4, -0.2) is 61.0 Å². The fourth-order valence-electron chi connectivity index (χ4n) is 4.05. The van der Waals surface area contributed by atoms with Gasteiger partial charge < -0.3 is 15.1 Å². The van der Waals surface area contributed by atoms with Gasteiger partial charge in [-0.3, -0.25) is 4.79 Å². The van der Waals surface area contributed by atoms with Crippen molar-refractivity contribution in [3.63, 3.8) is 0 Å². The Labute approximate surface area is 147 Å². The molecule has 22 heavy (non-hydrogen) atoms. The Balaban J connectivity index is 0.00000121. The zero-order valence-electron chi connectivity index (χ0n) is 13.5. The van der Waals surface area contributed by atoms with E-state index in [0.717, 1.165) is 39.0 Å². The highest BCUT2D eigenvalue weighted by molar-refractivity contribution is 5.85. The number of amides is 1. The number of carbonyl (C=O) groups is 1. The van der Waals surface area contributed by atoms with Gasteiger partial charge >= 0.3 is 0 Å². The highest BCUT2D eigenvalue weighted by Crippen LogP contribution is 2.24. The Morgan fingerprint density at radius 1 is 0.955 bits per heavy atom. The summed E-state index contributed by atoms with van der Waals surface area (Å²) >= 11 is 0. The van der Waals surface area contributed by atoms with Crippen molar-refractivity contribution in [2.75, 3.05) is 39.3 Å². The second-order valence-corrected chi connectivity index (χ2v) is 6.73. The summed E-state index contributed by atoms with van der Waals surface area (Å²) in [4.78, 5) is 17.5. The van der Waals surface area contributed by atoms with E-state index in [9.17, 15) is 4.79 Å². The summed E-state index contributed by atoms with van der Waals surface area (Å²) in [5, 5.41) is 3.38. The van der Waals surface area contributed by atoms with Gasteiger partial charge in [-0.2, -0.15) is 0 Å². The minimum absolute atomic E-state index is 0. The molecule has 0 aromatic heterocycles. The first kappa shape index (κ1) is 20.0. The van der Waals surface area contributed by atoms with Crippen LogP contribution in [0.25, 0.3) is 0 Å². The zero-order valence-corrected chi connectivity index (χ0v) is 15.1. The highest BCUT2D eigenvalue weighted by atomic mass is 35.5. The molecule has 4 nitrogen and oxygen atoms in total. The molecule has 2 atom stereocenters. The van der Waals surface area contributed by atoms with Crippen molar-refractivity contribution < 1.29 is 4.79 Å². The van der Waals surface area contributed by atoms with Gasteiger partial charge in [-0.1, -0.05) is 6.42 Å². The van der Waals surface area contributed by atoms with Crippen LogP contribution < -0.4 is 5.32 Å². The molecule has 0 radical (unpaired) electrons. The Hall–Kier alpha value is -0.0300. The summed E-state index contributed by atoms with van der Waals surface area (Å²) < 4.78 is 0. The average molecular weight is 352 g/mol. The number of carbonyl (C=O) groups excluding carboxylic acids is 1. The summed E-state index contributed by atoms with van der Waals surface area (Å²) in [6, 6.07) is 0.488. The van der Waals surface area contributed by atoms with Crippen LogP contribution in [0.3, 0.4) is 0 Å². The lowest BCUT2D eigenvalue weighted by molar-refractivity contribution is -0.137. The Bertz CT molecular complexity index is 331. The second kappa shape index (κ2) is 9.96. The van der Waals surface area contributed by atoms with E-state index in [4.69, 9.17) is 0 Å². The lowest BCUT2D eigenvalue weighted by Crippen LogP contribution is -2.49. The van der Waals surface area contributed by atoms with E-state index in [1.807, 2.05) is 0 Å². The van der Waals surface area contributed by atoms with Crippen molar-refractivity contribution in [2.45, 2.75) is 51.0 Å². The highest BCUT2D eigenvalue weighted by Gasteiger charge is 2.34. The first-order valence-electron chi connectivity index (χ1n) is 8.58. The smallest absolute Gasteiger partial charge is 0.227 e. The number of nitrogens with zero attached hydrogens (tertiary/aromatic N) is 2. The molecular weight excluding hydrogens is 321 g/mol. The third-order valence-electron chi connectivity index (χ3n) is 5.22. The second-order valence-electron chi connectivity index (χ2n) is 6.73. The largest absolute Gasteiger partial charge is 0.338 e. The molecule has 3 aliphatic heterocycles. The van der Waals surface area contributed by atoms with Crippen molar-refractivity contribution in [3.8, 4) is 0 Å². The molecule has 3 fully saturated rings. The first-order chi connectivity index (χ1) is 9.84. The molecule has 0 aromatic rings. The molecule has 6 heteroatoms. The quantitative estimate of drug-likeness (QED) is 0.847. The van der Waals surface area contributed by atoms with Gasteiger partial charge in [-0.25, -0.2) is 0 Å². The maximum absolute atomic E-state index is 12.7. The van der Waals surface area contributed by atoms with Gasteiger partial charge in [0.15, 0.2) is 0 Å². The SMILES string of the molecule is Cl.Cl.O=C(C1CCCNC1)N1CCCC1CN1CCCCC1. The summed E-state index contributed by atoms with van der Waals surface area (Å²) in [7, 11) is 0. The Kier molecular flexibility index (Phi) is 9.07. The van der Waals surface area contributed by atoms with E-state index in [1.54, 1.807) is 0 Å². The number of piperidine rings is 2. The third kappa shape index (κ3) is 4.98. The van der Waals surface area contributed by atoms with Gasteiger partial charge in [-0.05, 0) is 58.2 Å². The topological polar surface area (TPSA) is 35.6 Å². The Morgan fingerprint density at radius 3 is 2.41 bits per heavy atom. The van der Waals surface area contributed by atoms with E-state index >= 15 is 0 Å². The standard InChI is InChI=1S/C16H29N3O.2ClH/c20-16(14-6-4-8-17-12-14)19-11-5-7-15(19)13-18-9-2-1-3-10-18;;/h14-15,17H,1-13H2;2*1H. The number of hydrogen-bond acceptors (Lipinski definition) is 3. The van der Waals surface area contributed by atoms with Crippen molar-refractivity contribution in [1.29, 1.82) is 0 Å². The lowest BCUT2D eigenvalue weighted by Gasteiger charge is -2.35. The molecule has 3 rings (SSSR count). The normalized spacial score (nSPS) is 29.5. The monoisotopic (exact) mass is 351 g/mol. The Morgan fingerprint density at radius 2 is 1.73 bits per heavy atom. The van der Waals surface area contributed by atoms with Gasteiger partial charge in [0.25, 0.3) is 0 Å². The maximum atomic E-state index is 12.7. The van der Waals surface area contributed by atoms with Crippen LogP contribution in [0.2, 0.25) is 0 Å². The molecule has 0 bridgehead atoms. The van der Waals surface area contributed by atoms with Gasteiger partial charge in [0.1, 0.15) is 0 Å². The summed E-state index contributed by atoms with van der Waals surface area (Å²) in [6.07, 6.45) is 8.71. The van der Waals surface area contributed by atoms with E-state index in [0.29, 0.717) is 11.9 Å². The van der Waals surface area contributed by atoms with Gasteiger partial charge in [0.05, 0.1) is 5.92 Å². The summed E-state index contributed by atoms with van der Waals surface area (Å²) in [5.41, 5.74) is 0. The van der Waals surface area contributed by atoms with E-state index in [1.165, 1.54) is 45.2 Å². The molecule has 1 N–H and O–H groups in total. The molecular formula is C16H31Cl2N3O. The van der Waals surface area contributed by atoms with Crippen molar-refractivity contribution in [2.24, 2.45) is 5.92 Å². The third-order valence-corrected chi connectivity index (χ3v) is 5.22. The summed E-state index contributed by atoms with van der Waals surface area (Å²) in [6.45, 7) is 6.57. The average Bonchev–Trinajstić information content (AvgIpc) is 2.96. The number of halogens is 2. The maximum Gasteiger partial charge on any atom is 0.227 e. The molecule has 130 valence electrons. The van der Waals surface area contributed by atoms with Crippen LogP contribution in [0.15, 0.2) is 0 Å². The van der Waals surface area contributed by atoms with Crippen LogP contribution in [0.4, 0.5) is 0 Å². The molecule has 0 aromatic carbocycles. The number of hydrogen-bond donors (Lipinski definition) is 1. The number of rotatable bonds is 3. The van der Waals surface area contributed by atoms with E-state index < -0.39 is 0 Å². The minimum atomic E-state index is 0. The fourth-order valence-corrected chi connectivity index (χ4v) is 4.05. The van der Waals surface area contributed by atoms with E-state index in [2.05, 4.69) is 15.1 Å². The molecule has 1 amide bonds. The van der Waals surface area contributed by atoms with E-state index in [-0.39, 0.29) is 30.7 Å². The number of likely N-dealkylation sites (tertiary alicyclic amines) is 2. The molecule has 2 unspecified atom stereocenters. The molecule has 0 saturated carbocycles. The molecule has 3 heterocycles. The van der Waals surface area contributed by atoms with Crippen molar-refractivity contribution in [3.05, 3.63) is 0 Å². The molecule has 0 spiro atoms. The molecule has 3 saturated heterocycles. The van der Waals surface area contributed by atoms with Crippen LogP contribution in [0, 0.1) is 5.92 Å². The van der Waals surface area contributed by atoms with Crippen LogP contribution >= 0.6 is 24.8 Å². The van der Waals surface area contributed by atoms with Gasteiger partial charge in [-0.15, -0.1) is 24.8 Å². The van der Waals surface area contributed by atoms with Gasteiger partial charge in [0, 0.05) is 25.7 Å². The predicted octanol–water partition coefficient (Wildman–Crippen LogP) is 2.31. The fraction of sp³-hybridized carbons (Fsp3) is 0.938. The predicted molar refractivity (Wildman–Crippen MR) is 95.1 cm³/mol. The van der Waals surface area contributed by atoms with Crippen LogP contribution in [0.1, 0.15) is 44.9 Å². The zero-order chi connectivity index (χ0) is 13.8. The summed E-state index contributed by atoms with van der Waals surface area (Å²) in [5.74, 6) is 0.669. The number of nitrogens with one attached hydrogen (secondary N) is 1. The first-order valence-corrected chi connectivity index (χ1v) is 8.58. The molecule has 0 aliphatic carbocycles. The van der Waals surface area contributed by atoms with Crippen molar-refractivity contribution >= 4 is 30.7 Å². The minimum Gasteiger partial charge on any atom is -0.338 e. The molecule has 3 aliphatic rings. The lowest BCUT2D eigenvalue weighted by atomic mass is 9.97.